The van der Waals surface area contributed by atoms with E-state index in [4.69, 9.17) is 9.84 Å². The van der Waals surface area contributed by atoms with Crippen molar-refractivity contribution in [2.75, 3.05) is 19.8 Å². The van der Waals surface area contributed by atoms with Crippen LogP contribution in [0.3, 0.4) is 0 Å². The Morgan fingerprint density at radius 3 is 2.55 bits per heavy atom. The lowest BCUT2D eigenvalue weighted by molar-refractivity contribution is -0.142. The molecule has 1 aromatic carbocycles. The largest absolute Gasteiger partial charge is 0.480 e. The van der Waals surface area contributed by atoms with E-state index in [1.807, 2.05) is 18.2 Å². The van der Waals surface area contributed by atoms with Gasteiger partial charge in [0.05, 0.1) is 6.61 Å². The predicted octanol–water partition coefficient (Wildman–Crippen LogP) is 2.43. The summed E-state index contributed by atoms with van der Waals surface area (Å²) in [5, 5.41) is 11.0. The zero-order valence-corrected chi connectivity index (χ0v) is 13.0. The van der Waals surface area contributed by atoms with E-state index in [-0.39, 0.29) is 25.5 Å². The Bertz CT molecular complexity index is 506. The van der Waals surface area contributed by atoms with Gasteiger partial charge in [-0.25, -0.2) is 4.79 Å². The number of carbonyl (C=O) groups is 2. The molecule has 0 aliphatic heterocycles. The van der Waals surface area contributed by atoms with Gasteiger partial charge in [0.25, 0.3) is 0 Å². The van der Waals surface area contributed by atoms with Crippen molar-refractivity contribution in [3.8, 4) is 0 Å². The highest BCUT2D eigenvalue weighted by Gasteiger charge is 2.00. The molecule has 120 valence electrons. The highest BCUT2D eigenvalue weighted by atomic mass is 16.5. The van der Waals surface area contributed by atoms with Gasteiger partial charge in [-0.05, 0) is 17.0 Å². The first-order chi connectivity index (χ1) is 10.5. The summed E-state index contributed by atoms with van der Waals surface area (Å²) < 4.78 is 4.82. The molecule has 0 aliphatic rings. The number of rotatable bonds is 9. The summed E-state index contributed by atoms with van der Waals surface area (Å²) in [6.45, 7) is 4.45. The summed E-state index contributed by atoms with van der Waals surface area (Å²) in [4.78, 5) is 21.7. The number of aliphatic carboxylic acids is 1. The van der Waals surface area contributed by atoms with Gasteiger partial charge >= 0.3 is 5.97 Å². The summed E-state index contributed by atoms with van der Waals surface area (Å²) in [6, 6.07) is 8.24. The number of carboxylic acids is 1. The van der Waals surface area contributed by atoms with E-state index in [0.29, 0.717) is 12.5 Å². The lowest BCUT2D eigenvalue weighted by Gasteiger charge is -2.05. The Balaban J connectivity index is 2.24. The maximum Gasteiger partial charge on any atom is 0.329 e. The minimum atomic E-state index is -1.02. The van der Waals surface area contributed by atoms with E-state index < -0.39 is 5.97 Å². The summed E-state index contributed by atoms with van der Waals surface area (Å²) in [5.74, 6) is -0.626. The number of amides is 1. The number of nitrogens with one attached hydrogen (secondary N) is 1. The van der Waals surface area contributed by atoms with Crippen molar-refractivity contribution in [2.45, 2.75) is 26.2 Å². The van der Waals surface area contributed by atoms with E-state index >= 15 is 0 Å². The minimum Gasteiger partial charge on any atom is -0.480 e. The van der Waals surface area contributed by atoms with Crippen molar-refractivity contribution in [2.24, 2.45) is 0 Å². The van der Waals surface area contributed by atoms with Crippen molar-refractivity contribution in [3.63, 3.8) is 0 Å². The number of carboxylic acid groups (broad SMARTS) is 1. The van der Waals surface area contributed by atoms with Crippen molar-refractivity contribution in [1.82, 2.24) is 5.32 Å². The molecular weight excluding hydrogens is 282 g/mol. The van der Waals surface area contributed by atoms with Crippen molar-refractivity contribution < 1.29 is 19.4 Å². The molecule has 1 amide bonds. The fourth-order valence-corrected chi connectivity index (χ4v) is 1.79. The molecule has 0 bridgehead atoms. The van der Waals surface area contributed by atoms with Crippen LogP contribution in [0.1, 0.15) is 37.3 Å². The molecule has 0 fully saturated rings. The molecule has 22 heavy (non-hydrogen) atoms. The topological polar surface area (TPSA) is 75.6 Å². The Morgan fingerprint density at radius 2 is 1.95 bits per heavy atom. The number of hydrogen-bond acceptors (Lipinski definition) is 3. The second-order valence-corrected chi connectivity index (χ2v) is 5.22. The maximum atomic E-state index is 11.5. The van der Waals surface area contributed by atoms with Gasteiger partial charge in [-0.2, -0.15) is 0 Å². The average molecular weight is 305 g/mol. The van der Waals surface area contributed by atoms with Crippen molar-refractivity contribution >= 4 is 18.0 Å². The third-order valence-electron chi connectivity index (χ3n) is 3.01. The monoisotopic (exact) mass is 305 g/mol. The second kappa shape index (κ2) is 9.73. The average Bonchev–Trinajstić information content (AvgIpc) is 2.47. The van der Waals surface area contributed by atoms with E-state index in [1.54, 1.807) is 6.08 Å². The molecule has 0 heterocycles. The van der Waals surface area contributed by atoms with E-state index in [1.165, 1.54) is 5.56 Å². The van der Waals surface area contributed by atoms with Crippen LogP contribution in [0.25, 0.3) is 6.08 Å². The normalized spacial score (nSPS) is 11.0. The Labute approximate surface area is 131 Å². The first kappa shape index (κ1) is 17.9. The van der Waals surface area contributed by atoms with Crippen LogP contribution in [0.2, 0.25) is 0 Å². The molecular formula is C17H23NO4. The summed E-state index contributed by atoms with van der Waals surface area (Å²) in [6.07, 6.45) is 3.99. The van der Waals surface area contributed by atoms with Gasteiger partial charge in [0, 0.05) is 13.0 Å². The van der Waals surface area contributed by atoms with Gasteiger partial charge < -0.3 is 15.2 Å². The smallest absolute Gasteiger partial charge is 0.329 e. The molecule has 0 unspecified atom stereocenters. The van der Waals surface area contributed by atoms with Crippen LogP contribution in [-0.2, 0) is 14.3 Å². The molecule has 5 nitrogen and oxygen atoms in total. The zero-order valence-electron chi connectivity index (χ0n) is 13.0. The van der Waals surface area contributed by atoms with Gasteiger partial charge in [0.2, 0.25) is 5.91 Å². The van der Waals surface area contributed by atoms with Gasteiger partial charge in [0.1, 0.15) is 6.61 Å². The third-order valence-corrected chi connectivity index (χ3v) is 3.01. The zero-order chi connectivity index (χ0) is 16.4. The second-order valence-electron chi connectivity index (χ2n) is 5.22. The van der Waals surface area contributed by atoms with Gasteiger partial charge in [0.15, 0.2) is 0 Å². The van der Waals surface area contributed by atoms with E-state index in [2.05, 4.69) is 31.3 Å². The molecule has 1 aromatic rings. The molecule has 0 saturated carbocycles. The van der Waals surface area contributed by atoms with Crippen LogP contribution < -0.4 is 5.32 Å². The van der Waals surface area contributed by atoms with E-state index in [0.717, 1.165) is 5.56 Å². The van der Waals surface area contributed by atoms with Crippen LogP contribution in [0.4, 0.5) is 0 Å². The standard InChI is InChI=1S/C17H23NO4/c1-13(2)15-8-6-14(7-9-15)4-3-5-16(19)18-10-11-22-12-17(20)21/h3-4,6-9,13H,5,10-12H2,1-2H3,(H,18,19)(H,20,21)/b4-3+. The molecule has 0 aliphatic carbocycles. The Hall–Kier alpha value is -2.14. The summed E-state index contributed by atoms with van der Waals surface area (Å²) in [7, 11) is 0. The Kier molecular flexibility index (Phi) is 7.92. The fraction of sp³-hybridized carbons (Fsp3) is 0.412. The number of hydrogen-bond donors (Lipinski definition) is 2. The summed E-state index contributed by atoms with van der Waals surface area (Å²) >= 11 is 0. The van der Waals surface area contributed by atoms with Crippen LogP contribution in [0.15, 0.2) is 30.3 Å². The molecule has 2 N–H and O–H groups in total. The van der Waals surface area contributed by atoms with E-state index in [9.17, 15) is 9.59 Å². The van der Waals surface area contributed by atoms with Crippen molar-refractivity contribution in [3.05, 3.63) is 41.5 Å². The molecule has 0 spiro atoms. The molecule has 5 heteroatoms. The highest BCUT2D eigenvalue weighted by molar-refractivity contribution is 5.78. The molecule has 0 radical (unpaired) electrons. The third kappa shape index (κ3) is 7.59. The van der Waals surface area contributed by atoms with Gasteiger partial charge in [-0.3, -0.25) is 4.79 Å². The van der Waals surface area contributed by atoms with Crippen LogP contribution in [0, 0.1) is 0 Å². The first-order valence-electron chi connectivity index (χ1n) is 7.31. The number of ether oxygens (including phenoxy) is 1. The molecule has 0 saturated heterocycles. The van der Waals surface area contributed by atoms with Gasteiger partial charge in [-0.1, -0.05) is 50.3 Å². The molecule has 0 aromatic heterocycles. The molecule has 0 atom stereocenters. The summed E-state index contributed by atoms with van der Waals surface area (Å²) in [5.41, 5.74) is 2.35. The lowest BCUT2D eigenvalue weighted by atomic mass is 10.0. The maximum absolute atomic E-state index is 11.5. The number of benzene rings is 1. The van der Waals surface area contributed by atoms with Crippen LogP contribution in [0.5, 0.6) is 0 Å². The lowest BCUT2D eigenvalue weighted by Crippen LogP contribution is -2.27. The predicted molar refractivity (Wildman–Crippen MR) is 85.6 cm³/mol. The fourth-order valence-electron chi connectivity index (χ4n) is 1.79. The first-order valence-corrected chi connectivity index (χ1v) is 7.31. The number of carbonyl (C=O) groups excluding carboxylic acids is 1. The minimum absolute atomic E-state index is 0.117. The Morgan fingerprint density at radius 1 is 1.27 bits per heavy atom. The molecule has 1 rings (SSSR count). The van der Waals surface area contributed by atoms with Crippen LogP contribution in [-0.4, -0.2) is 36.7 Å². The van der Waals surface area contributed by atoms with Crippen molar-refractivity contribution in [1.29, 1.82) is 0 Å². The quantitative estimate of drug-likeness (QED) is 0.687. The van der Waals surface area contributed by atoms with Gasteiger partial charge in [-0.15, -0.1) is 0 Å². The highest BCUT2D eigenvalue weighted by Crippen LogP contribution is 2.15. The van der Waals surface area contributed by atoms with Crippen LogP contribution >= 0.6 is 0 Å². The SMILES string of the molecule is CC(C)c1ccc(/C=C/CC(=O)NCCOCC(=O)O)cc1.